The molecule has 2 aliphatic rings. The molecule has 0 saturated carbocycles. The Kier molecular flexibility index (Phi) is 5.94. The summed E-state index contributed by atoms with van der Waals surface area (Å²) < 4.78 is 10.6. The Bertz CT molecular complexity index is 749. The molecule has 1 saturated heterocycles. The van der Waals surface area contributed by atoms with Crippen molar-refractivity contribution in [2.45, 2.75) is 38.2 Å². The summed E-state index contributed by atoms with van der Waals surface area (Å²) in [6, 6.07) is 5.42. The maximum absolute atomic E-state index is 12.6. The molecule has 1 aliphatic carbocycles. The van der Waals surface area contributed by atoms with Crippen LogP contribution < -0.4 is 0 Å². The van der Waals surface area contributed by atoms with Crippen molar-refractivity contribution in [2.75, 3.05) is 20.2 Å². The molecule has 1 fully saturated rings. The van der Waals surface area contributed by atoms with E-state index in [0.29, 0.717) is 31.5 Å². The first-order valence-electron chi connectivity index (χ1n) is 9.36. The van der Waals surface area contributed by atoms with E-state index in [-0.39, 0.29) is 29.9 Å². The normalized spacial score (nSPS) is 19.7. The van der Waals surface area contributed by atoms with Crippen LogP contribution in [0.1, 0.15) is 53.3 Å². The molecule has 0 spiro atoms. The first kappa shape index (κ1) is 19.1. The summed E-state index contributed by atoms with van der Waals surface area (Å²) in [5.74, 6) is -0.837. The van der Waals surface area contributed by atoms with Gasteiger partial charge in [-0.25, -0.2) is 4.79 Å². The third-order valence-electron chi connectivity index (χ3n) is 5.40. The van der Waals surface area contributed by atoms with Crippen LogP contribution in [-0.2, 0) is 25.5 Å². The van der Waals surface area contributed by atoms with Gasteiger partial charge in [-0.3, -0.25) is 9.59 Å². The Morgan fingerprint density at radius 1 is 1.19 bits per heavy atom. The van der Waals surface area contributed by atoms with Crippen molar-refractivity contribution >= 4 is 17.8 Å². The van der Waals surface area contributed by atoms with E-state index in [2.05, 4.69) is 6.58 Å². The predicted octanol–water partition coefficient (Wildman–Crippen LogP) is 2.82. The lowest BCUT2D eigenvalue weighted by Crippen LogP contribution is -2.40. The van der Waals surface area contributed by atoms with Crippen LogP contribution in [0.2, 0.25) is 0 Å². The minimum atomic E-state index is -0.363. The molecule has 1 aromatic carbocycles. The molecule has 1 aromatic rings. The first-order valence-corrected chi connectivity index (χ1v) is 9.36. The molecule has 6 nitrogen and oxygen atoms in total. The Morgan fingerprint density at radius 2 is 1.93 bits per heavy atom. The molecule has 0 aromatic heterocycles. The molecule has 27 heavy (non-hydrogen) atoms. The Labute approximate surface area is 159 Å². The third kappa shape index (κ3) is 4.21. The highest BCUT2D eigenvalue weighted by Gasteiger charge is 2.31. The quantitative estimate of drug-likeness (QED) is 0.601. The lowest BCUT2D eigenvalue weighted by Gasteiger charge is -2.32. The highest BCUT2D eigenvalue weighted by molar-refractivity contribution is 5.89. The highest BCUT2D eigenvalue weighted by atomic mass is 16.5. The van der Waals surface area contributed by atoms with Crippen LogP contribution in [0, 0.1) is 5.92 Å². The summed E-state index contributed by atoms with van der Waals surface area (Å²) in [4.78, 5) is 37.7. The van der Waals surface area contributed by atoms with Crippen molar-refractivity contribution < 1.29 is 23.9 Å². The van der Waals surface area contributed by atoms with Crippen LogP contribution in [0.5, 0.6) is 0 Å². The molecule has 0 bridgehead atoms. The highest BCUT2D eigenvalue weighted by Crippen LogP contribution is 2.34. The van der Waals surface area contributed by atoms with Crippen LogP contribution in [0.3, 0.4) is 0 Å². The minimum Gasteiger partial charge on any atom is -0.465 e. The number of esters is 2. The van der Waals surface area contributed by atoms with Crippen LogP contribution in [0.15, 0.2) is 30.9 Å². The van der Waals surface area contributed by atoms with Gasteiger partial charge in [-0.05, 0) is 61.4 Å². The van der Waals surface area contributed by atoms with Crippen LogP contribution >= 0.6 is 0 Å². The smallest absolute Gasteiger partial charge is 0.337 e. The molecule has 1 atom stereocenters. The second kappa shape index (κ2) is 8.37. The Hall–Kier alpha value is -2.63. The van der Waals surface area contributed by atoms with Crippen molar-refractivity contribution in [1.82, 2.24) is 4.90 Å². The average Bonchev–Trinajstić information content (AvgIpc) is 2.72. The number of fused-ring (bicyclic) bond motifs is 1. The number of nitrogens with zero attached hydrogens (tertiary/aromatic N) is 1. The lowest BCUT2D eigenvalue weighted by molar-refractivity contribution is -0.157. The number of likely N-dealkylation sites (tertiary alicyclic amines) is 1. The minimum absolute atomic E-state index is 0.0931. The molecule has 3 rings (SSSR count). The number of hydrogen-bond acceptors (Lipinski definition) is 5. The number of methoxy groups -OCH3 is 1. The van der Waals surface area contributed by atoms with Gasteiger partial charge < -0.3 is 14.4 Å². The maximum Gasteiger partial charge on any atom is 0.337 e. The predicted molar refractivity (Wildman–Crippen MR) is 99.1 cm³/mol. The van der Waals surface area contributed by atoms with Crippen molar-refractivity contribution in [3.63, 3.8) is 0 Å². The first-order chi connectivity index (χ1) is 13.0. The van der Waals surface area contributed by atoms with Gasteiger partial charge in [0.1, 0.15) is 6.10 Å². The number of benzene rings is 1. The van der Waals surface area contributed by atoms with E-state index in [4.69, 9.17) is 9.47 Å². The summed E-state index contributed by atoms with van der Waals surface area (Å²) in [7, 11) is 1.36. The van der Waals surface area contributed by atoms with Gasteiger partial charge in [-0.15, -0.1) is 0 Å². The summed E-state index contributed by atoms with van der Waals surface area (Å²) >= 11 is 0. The average molecular weight is 371 g/mol. The number of piperidine rings is 1. The van der Waals surface area contributed by atoms with Gasteiger partial charge in [0, 0.05) is 13.1 Å². The monoisotopic (exact) mass is 371 g/mol. The van der Waals surface area contributed by atoms with Gasteiger partial charge in [0.25, 0.3) is 0 Å². The molecule has 0 N–H and O–H groups in total. The zero-order valence-electron chi connectivity index (χ0n) is 15.6. The molecular weight excluding hydrogens is 346 g/mol. The van der Waals surface area contributed by atoms with Crippen molar-refractivity contribution in [1.29, 1.82) is 0 Å². The zero-order valence-corrected chi connectivity index (χ0v) is 15.6. The van der Waals surface area contributed by atoms with Crippen LogP contribution in [0.25, 0.3) is 0 Å². The Morgan fingerprint density at radius 3 is 2.59 bits per heavy atom. The van der Waals surface area contributed by atoms with Crippen molar-refractivity contribution in [2.24, 2.45) is 5.92 Å². The van der Waals surface area contributed by atoms with E-state index in [9.17, 15) is 14.4 Å². The maximum atomic E-state index is 12.6. The number of rotatable bonds is 4. The van der Waals surface area contributed by atoms with Gasteiger partial charge in [0.2, 0.25) is 5.91 Å². The fourth-order valence-corrected chi connectivity index (χ4v) is 3.84. The fraction of sp³-hybridized carbons (Fsp3) is 0.476. The van der Waals surface area contributed by atoms with Crippen molar-refractivity contribution in [3.8, 4) is 0 Å². The number of carbonyl (C=O) groups is 3. The molecule has 144 valence electrons. The number of hydrogen-bond donors (Lipinski definition) is 0. The third-order valence-corrected chi connectivity index (χ3v) is 5.40. The number of ether oxygens (including phenoxy) is 2. The molecule has 1 unspecified atom stereocenters. The summed E-state index contributed by atoms with van der Waals surface area (Å²) in [5.41, 5.74) is 2.53. The standard InChI is InChI=1S/C21H25NO5/c1-3-19(23)22-11-9-14(10-12-22)21(25)27-18-6-4-5-15-13-16(20(24)26-2)7-8-17(15)18/h3,7-8,13-14,18H,1,4-6,9-12H2,2H3. The topological polar surface area (TPSA) is 72.9 Å². The largest absolute Gasteiger partial charge is 0.465 e. The lowest BCUT2D eigenvalue weighted by atomic mass is 9.88. The number of amides is 1. The molecule has 1 heterocycles. The van der Waals surface area contributed by atoms with Gasteiger partial charge in [0.05, 0.1) is 18.6 Å². The van der Waals surface area contributed by atoms with E-state index >= 15 is 0 Å². The van der Waals surface area contributed by atoms with E-state index < -0.39 is 0 Å². The zero-order chi connectivity index (χ0) is 19.4. The van der Waals surface area contributed by atoms with E-state index in [1.165, 1.54) is 13.2 Å². The van der Waals surface area contributed by atoms with E-state index in [0.717, 1.165) is 30.4 Å². The molecule has 1 amide bonds. The molecule has 0 radical (unpaired) electrons. The summed E-state index contributed by atoms with van der Waals surface area (Å²) in [6.45, 7) is 4.60. The van der Waals surface area contributed by atoms with E-state index in [1.54, 1.807) is 11.0 Å². The summed E-state index contributed by atoms with van der Waals surface area (Å²) in [6.07, 6.45) is 4.79. The van der Waals surface area contributed by atoms with E-state index in [1.807, 2.05) is 12.1 Å². The summed E-state index contributed by atoms with van der Waals surface area (Å²) in [5, 5.41) is 0. The van der Waals surface area contributed by atoms with Crippen LogP contribution in [-0.4, -0.2) is 42.9 Å². The molecule has 1 aliphatic heterocycles. The van der Waals surface area contributed by atoms with Gasteiger partial charge >= 0.3 is 11.9 Å². The van der Waals surface area contributed by atoms with Crippen molar-refractivity contribution in [3.05, 3.63) is 47.5 Å². The fourth-order valence-electron chi connectivity index (χ4n) is 3.84. The Balaban J connectivity index is 1.64. The van der Waals surface area contributed by atoms with Gasteiger partial charge in [-0.2, -0.15) is 0 Å². The number of aryl methyl sites for hydroxylation is 1. The second-order valence-corrected chi connectivity index (χ2v) is 7.03. The van der Waals surface area contributed by atoms with Crippen LogP contribution in [0.4, 0.5) is 0 Å². The SMILES string of the molecule is C=CC(=O)N1CCC(C(=O)OC2CCCc3cc(C(=O)OC)ccc32)CC1. The molecule has 6 heteroatoms. The molecular formula is C21H25NO5. The number of carbonyl (C=O) groups excluding carboxylic acids is 3. The van der Waals surface area contributed by atoms with Gasteiger partial charge in [-0.1, -0.05) is 12.6 Å². The van der Waals surface area contributed by atoms with Gasteiger partial charge in [0.15, 0.2) is 0 Å². The second-order valence-electron chi connectivity index (χ2n) is 7.03.